The van der Waals surface area contributed by atoms with Gasteiger partial charge in [-0.3, -0.25) is 0 Å². The van der Waals surface area contributed by atoms with E-state index in [9.17, 15) is 0 Å². The molecule has 1 unspecified atom stereocenters. The van der Waals surface area contributed by atoms with E-state index in [-0.39, 0.29) is 0 Å². The van der Waals surface area contributed by atoms with E-state index in [1.165, 1.54) is 0 Å². The maximum atomic E-state index is 5.71. The second kappa shape index (κ2) is 2.65. The highest BCUT2D eigenvalue weighted by Gasteiger charge is 2.31. The van der Waals surface area contributed by atoms with Crippen molar-refractivity contribution in [3.8, 4) is 0 Å². The molecule has 3 N–H and O–H groups in total. The molecule has 0 spiro atoms. The molecule has 2 bridgehead atoms. The molecule has 2 aliphatic rings. The maximum absolute atomic E-state index is 5.71. The van der Waals surface area contributed by atoms with Crippen LogP contribution in [0.4, 0.5) is 11.4 Å². The third-order valence-corrected chi connectivity index (χ3v) is 2.40. The standard InChI is InChI=1S/C10H11N3O/c11-7-2-1-3-9(4-7)13-10-5-8(12-13)6-14-10/h1-5,8,12H,6,11H2. The van der Waals surface area contributed by atoms with Crippen LogP contribution in [0.5, 0.6) is 0 Å². The monoisotopic (exact) mass is 189 g/mol. The van der Waals surface area contributed by atoms with E-state index >= 15 is 0 Å². The SMILES string of the molecule is Nc1cccc(N2NC3C=C2OC3)c1. The molecule has 3 rings (SSSR count). The number of fused-ring (bicyclic) bond motifs is 1. The van der Waals surface area contributed by atoms with Crippen molar-refractivity contribution in [3.05, 3.63) is 36.2 Å². The van der Waals surface area contributed by atoms with E-state index in [2.05, 4.69) is 11.5 Å². The number of nitrogen functional groups attached to an aromatic ring is 1. The molecule has 0 amide bonds. The van der Waals surface area contributed by atoms with Crippen LogP contribution < -0.4 is 16.2 Å². The maximum Gasteiger partial charge on any atom is 0.206 e. The van der Waals surface area contributed by atoms with Crippen LogP contribution in [0.3, 0.4) is 0 Å². The summed E-state index contributed by atoms with van der Waals surface area (Å²) in [4.78, 5) is 0. The Kier molecular flexibility index (Phi) is 1.46. The zero-order valence-electron chi connectivity index (χ0n) is 7.60. The summed E-state index contributed by atoms with van der Waals surface area (Å²) in [5.41, 5.74) is 10.8. The van der Waals surface area contributed by atoms with E-state index in [0.29, 0.717) is 6.04 Å². The molecule has 2 aliphatic heterocycles. The minimum absolute atomic E-state index is 0.312. The summed E-state index contributed by atoms with van der Waals surface area (Å²) in [7, 11) is 0. The van der Waals surface area contributed by atoms with Gasteiger partial charge in [-0.2, -0.15) is 0 Å². The molecular weight excluding hydrogens is 178 g/mol. The van der Waals surface area contributed by atoms with Gasteiger partial charge in [-0.25, -0.2) is 10.4 Å². The zero-order chi connectivity index (χ0) is 9.54. The number of nitrogens with one attached hydrogen (secondary N) is 1. The highest BCUT2D eigenvalue weighted by atomic mass is 16.5. The molecule has 0 radical (unpaired) electrons. The molecule has 1 aromatic carbocycles. The van der Waals surface area contributed by atoms with Crippen LogP contribution in [0, 0.1) is 0 Å². The summed E-state index contributed by atoms with van der Waals surface area (Å²) in [5.74, 6) is 0.876. The van der Waals surface area contributed by atoms with Gasteiger partial charge < -0.3 is 10.5 Å². The van der Waals surface area contributed by atoms with Crippen molar-refractivity contribution in [3.63, 3.8) is 0 Å². The predicted molar refractivity (Wildman–Crippen MR) is 54.3 cm³/mol. The first-order valence-corrected chi connectivity index (χ1v) is 4.59. The number of nitrogens with zero attached hydrogens (tertiary/aromatic N) is 1. The quantitative estimate of drug-likeness (QED) is 0.642. The summed E-state index contributed by atoms with van der Waals surface area (Å²) in [6, 6.07) is 8.02. The number of rotatable bonds is 1. The van der Waals surface area contributed by atoms with Gasteiger partial charge in [0.05, 0.1) is 11.7 Å². The van der Waals surface area contributed by atoms with Crippen molar-refractivity contribution in [1.29, 1.82) is 0 Å². The number of benzene rings is 1. The minimum Gasteiger partial charge on any atom is -0.476 e. The molecule has 1 atom stereocenters. The fourth-order valence-electron chi connectivity index (χ4n) is 1.75. The van der Waals surface area contributed by atoms with Gasteiger partial charge in [-0.15, -0.1) is 0 Å². The van der Waals surface area contributed by atoms with Crippen molar-refractivity contribution < 1.29 is 4.74 Å². The van der Waals surface area contributed by atoms with E-state index < -0.39 is 0 Å². The Labute approximate surface area is 81.9 Å². The van der Waals surface area contributed by atoms with Crippen LogP contribution in [0.1, 0.15) is 0 Å². The topological polar surface area (TPSA) is 50.5 Å². The van der Waals surface area contributed by atoms with Gasteiger partial charge in [0.1, 0.15) is 6.61 Å². The first kappa shape index (κ1) is 7.70. The molecule has 0 aliphatic carbocycles. The second-order valence-corrected chi connectivity index (χ2v) is 3.48. The Balaban J connectivity index is 1.93. The average Bonchev–Trinajstić information content (AvgIpc) is 2.78. The molecule has 0 fully saturated rings. The van der Waals surface area contributed by atoms with Crippen LogP contribution in [0.15, 0.2) is 36.2 Å². The second-order valence-electron chi connectivity index (χ2n) is 3.48. The fraction of sp³-hybridized carbons (Fsp3) is 0.200. The fourth-order valence-corrected chi connectivity index (χ4v) is 1.75. The third-order valence-electron chi connectivity index (χ3n) is 2.40. The van der Waals surface area contributed by atoms with Crippen molar-refractivity contribution >= 4 is 11.4 Å². The lowest BCUT2D eigenvalue weighted by molar-refractivity contribution is 0.180. The summed E-state index contributed by atoms with van der Waals surface area (Å²) in [6.45, 7) is 0.730. The lowest BCUT2D eigenvalue weighted by atomic mass is 10.3. The third kappa shape index (κ3) is 1.04. The van der Waals surface area contributed by atoms with E-state index in [4.69, 9.17) is 10.5 Å². The zero-order valence-corrected chi connectivity index (χ0v) is 7.60. The lowest BCUT2D eigenvalue weighted by Crippen LogP contribution is -2.43. The predicted octanol–water partition coefficient (Wildman–Crippen LogP) is 0.834. The smallest absolute Gasteiger partial charge is 0.206 e. The van der Waals surface area contributed by atoms with Gasteiger partial charge in [-0.1, -0.05) is 6.07 Å². The molecule has 4 nitrogen and oxygen atoms in total. The van der Waals surface area contributed by atoms with Crippen molar-refractivity contribution in [2.45, 2.75) is 6.04 Å². The number of ether oxygens (including phenoxy) is 1. The van der Waals surface area contributed by atoms with Crippen LogP contribution >= 0.6 is 0 Å². The van der Waals surface area contributed by atoms with Gasteiger partial charge in [-0.05, 0) is 24.3 Å². The van der Waals surface area contributed by atoms with Crippen molar-refractivity contribution in [2.75, 3.05) is 17.3 Å². The lowest BCUT2D eigenvalue weighted by Gasteiger charge is -2.27. The highest BCUT2D eigenvalue weighted by Crippen LogP contribution is 2.28. The molecule has 1 aromatic rings. The van der Waals surface area contributed by atoms with Crippen LogP contribution in [0.2, 0.25) is 0 Å². The van der Waals surface area contributed by atoms with Gasteiger partial charge in [0.15, 0.2) is 0 Å². The van der Waals surface area contributed by atoms with Crippen LogP contribution in [-0.2, 0) is 4.74 Å². The van der Waals surface area contributed by atoms with E-state index in [1.807, 2.05) is 29.3 Å². The number of hydrazine groups is 1. The molecule has 4 heteroatoms. The number of hydrogen-bond acceptors (Lipinski definition) is 4. The number of anilines is 2. The largest absolute Gasteiger partial charge is 0.476 e. The summed E-state index contributed by atoms with van der Waals surface area (Å²) in [5, 5.41) is 1.92. The van der Waals surface area contributed by atoms with Crippen LogP contribution in [0.25, 0.3) is 0 Å². The van der Waals surface area contributed by atoms with Crippen molar-refractivity contribution in [2.24, 2.45) is 0 Å². The number of hydrogen-bond donors (Lipinski definition) is 2. The Morgan fingerprint density at radius 1 is 1.50 bits per heavy atom. The van der Waals surface area contributed by atoms with Gasteiger partial charge in [0.2, 0.25) is 5.88 Å². The Bertz CT molecular complexity index is 402. The highest BCUT2D eigenvalue weighted by molar-refractivity contribution is 5.59. The summed E-state index contributed by atoms with van der Waals surface area (Å²) in [6.07, 6.45) is 2.07. The Morgan fingerprint density at radius 2 is 2.43 bits per heavy atom. The molecule has 2 heterocycles. The average molecular weight is 189 g/mol. The Morgan fingerprint density at radius 3 is 3.07 bits per heavy atom. The van der Waals surface area contributed by atoms with E-state index in [0.717, 1.165) is 23.9 Å². The molecule has 0 saturated heterocycles. The summed E-state index contributed by atoms with van der Waals surface area (Å²) < 4.78 is 5.44. The number of nitrogens with two attached hydrogens (primary N) is 1. The van der Waals surface area contributed by atoms with E-state index in [1.54, 1.807) is 0 Å². The molecule has 0 aromatic heterocycles. The molecule has 14 heavy (non-hydrogen) atoms. The molecule has 72 valence electrons. The molecule has 0 saturated carbocycles. The first-order valence-electron chi connectivity index (χ1n) is 4.59. The Hall–Kier alpha value is -1.68. The minimum atomic E-state index is 0.312. The van der Waals surface area contributed by atoms with Gasteiger partial charge in [0, 0.05) is 5.69 Å². The van der Waals surface area contributed by atoms with Gasteiger partial charge in [0.25, 0.3) is 0 Å². The molecular formula is C10H11N3O. The first-order chi connectivity index (χ1) is 6.83. The summed E-state index contributed by atoms with van der Waals surface area (Å²) >= 11 is 0. The van der Waals surface area contributed by atoms with Crippen molar-refractivity contribution in [1.82, 2.24) is 5.43 Å². The van der Waals surface area contributed by atoms with Gasteiger partial charge >= 0.3 is 0 Å². The van der Waals surface area contributed by atoms with Crippen LogP contribution in [-0.4, -0.2) is 12.6 Å². The normalized spacial score (nSPS) is 23.6.